The number of rotatable bonds is 5. The van der Waals surface area contributed by atoms with Gasteiger partial charge >= 0.3 is 0 Å². The van der Waals surface area contributed by atoms with Gasteiger partial charge in [-0.2, -0.15) is 0 Å². The molecule has 4 heteroatoms. The number of benzene rings is 1. The molecule has 0 saturated heterocycles. The van der Waals surface area contributed by atoms with Crippen molar-refractivity contribution >= 4 is 11.4 Å². The Labute approximate surface area is 107 Å². The van der Waals surface area contributed by atoms with Crippen LogP contribution in [0.5, 0.6) is 5.75 Å². The van der Waals surface area contributed by atoms with Crippen molar-refractivity contribution in [3.8, 4) is 5.75 Å². The monoisotopic (exact) mass is 250 g/mol. The second-order valence-electron chi connectivity index (χ2n) is 5.42. The number of anilines is 2. The Morgan fingerprint density at radius 1 is 1.28 bits per heavy atom. The van der Waals surface area contributed by atoms with Gasteiger partial charge in [0, 0.05) is 18.2 Å². The largest absolute Gasteiger partial charge is 0.495 e. The zero-order chi connectivity index (χ0) is 12.7. The minimum Gasteiger partial charge on any atom is -0.495 e. The number of methoxy groups -OCH3 is 1. The van der Waals surface area contributed by atoms with Crippen LogP contribution in [-0.2, 0) is 0 Å². The average Bonchev–Trinajstić information content (AvgIpc) is 3.21. The summed E-state index contributed by atoms with van der Waals surface area (Å²) in [5.41, 5.74) is 6.54. The highest BCUT2D eigenvalue weighted by atomic mass is 19.1. The topological polar surface area (TPSA) is 47.3 Å². The molecule has 1 aromatic carbocycles. The molecule has 0 unspecified atom stereocenters. The number of halogens is 1. The minimum absolute atomic E-state index is 0.292. The van der Waals surface area contributed by atoms with Gasteiger partial charge in [0.25, 0.3) is 0 Å². The van der Waals surface area contributed by atoms with E-state index in [2.05, 4.69) is 5.32 Å². The average molecular weight is 250 g/mol. The molecule has 0 radical (unpaired) electrons. The molecule has 0 amide bonds. The number of ether oxygens (including phenoxy) is 1. The lowest BCUT2D eigenvalue weighted by Gasteiger charge is -2.20. The summed E-state index contributed by atoms with van der Waals surface area (Å²) in [6.45, 7) is 0. The highest BCUT2D eigenvalue weighted by Gasteiger charge is 2.41. The predicted octanol–water partition coefficient (Wildman–Crippen LogP) is 3.02. The van der Waals surface area contributed by atoms with Gasteiger partial charge in [0.05, 0.1) is 18.5 Å². The summed E-state index contributed by atoms with van der Waals surface area (Å²) >= 11 is 0. The first kappa shape index (κ1) is 11.6. The summed E-state index contributed by atoms with van der Waals surface area (Å²) < 4.78 is 19.0. The molecule has 18 heavy (non-hydrogen) atoms. The molecule has 2 aliphatic carbocycles. The molecule has 1 aromatic rings. The summed E-state index contributed by atoms with van der Waals surface area (Å²) in [5.74, 6) is 1.68. The maximum atomic E-state index is 13.9. The van der Waals surface area contributed by atoms with E-state index in [9.17, 15) is 4.39 Å². The SMILES string of the molecule is COc1cc(NC(C2CC2)C2CC2)c(F)cc1N. The molecule has 0 atom stereocenters. The van der Waals surface area contributed by atoms with Gasteiger partial charge in [-0.15, -0.1) is 0 Å². The van der Waals surface area contributed by atoms with Crippen LogP contribution in [-0.4, -0.2) is 13.2 Å². The van der Waals surface area contributed by atoms with Gasteiger partial charge < -0.3 is 15.8 Å². The normalized spacial score (nSPS) is 19.1. The van der Waals surface area contributed by atoms with E-state index < -0.39 is 0 Å². The number of hydrogen-bond acceptors (Lipinski definition) is 3. The van der Waals surface area contributed by atoms with Gasteiger partial charge in [-0.05, 0) is 37.5 Å². The molecule has 98 valence electrons. The van der Waals surface area contributed by atoms with Crippen molar-refractivity contribution in [2.24, 2.45) is 11.8 Å². The maximum Gasteiger partial charge on any atom is 0.148 e. The van der Waals surface area contributed by atoms with Crippen molar-refractivity contribution in [1.82, 2.24) is 0 Å². The van der Waals surface area contributed by atoms with E-state index in [0.717, 1.165) is 11.8 Å². The fraction of sp³-hybridized carbons (Fsp3) is 0.571. The number of nitrogens with one attached hydrogen (secondary N) is 1. The quantitative estimate of drug-likeness (QED) is 0.790. The molecule has 0 aromatic heterocycles. The van der Waals surface area contributed by atoms with E-state index in [1.807, 2.05) is 0 Å². The number of hydrogen-bond donors (Lipinski definition) is 2. The maximum absolute atomic E-state index is 13.9. The smallest absolute Gasteiger partial charge is 0.148 e. The molecule has 2 aliphatic rings. The first-order valence-electron chi connectivity index (χ1n) is 6.58. The van der Waals surface area contributed by atoms with Crippen molar-refractivity contribution in [3.63, 3.8) is 0 Å². The summed E-state index contributed by atoms with van der Waals surface area (Å²) in [6, 6.07) is 3.42. The summed E-state index contributed by atoms with van der Waals surface area (Å²) in [7, 11) is 1.55. The van der Waals surface area contributed by atoms with E-state index in [-0.39, 0.29) is 5.82 Å². The molecule has 0 spiro atoms. The second-order valence-corrected chi connectivity index (χ2v) is 5.42. The summed E-state index contributed by atoms with van der Waals surface area (Å²) in [4.78, 5) is 0. The summed E-state index contributed by atoms with van der Waals surface area (Å²) in [6.07, 6.45) is 5.06. The van der Waals surface area contributed by atoms with Gasteiger partial charge in [-0.1, -0.05) is 0 Å². The first-order valence-corrected chi connectivity index (χ1v) is 6.58. The Morgan fingerprint density at radius 3 is 2.39 bits per heavy atom. The van der Waals surface area contributed by atoms with Crippen LogP contribution < -0.4 is 15.8 Å². The van der Waals surface area contributed by atoms with Crippen LogP contribution in [0, 0.1) is 17.7 Å². The van der Waals surface area contributed by atoms with Gasteiger partial charge in [-0.3, -0.25) is 0 Å². The van der Waals surface area contributed by atoms with E-state index in [1.54, 1.807) is 13.2 Å². The Balaban J connectivity index is 1.82. The fourth-order valence-corrected chi connectivity index (χ4v) is 2.57. The summed E-state index contributed by atoms with van der Waals surface area (Å²) in [5, 5.41) is 3.36. The van der Waals surface area contributed by atoms with Crippen LogP contribution >= 0.6 is 0 Å². The molecular formula is C14H19FN2O. The van der Waals surface area contributed by atoms with E-state index in [4.69, 9.17) is 10.5 Å². The van der Waals surface area contributed by atoms with Crippen LogP contribution in [0.15, 0.2) is 12.1 Å². The predicted molar refractivity (Wildman–Crippen MR) is 70.2 cm³/mol. The minimum atomic E-state index is -0.292. The van der Waals surface area contributed by atoms with Crippen molar-refractivity contribution in [3.05, 3.63) is 17.9 Å². The standard InChI is InChI=1S/C14H19FN2O/c1-18-13-7-12(10(15)6-11(13)16)17-14(8-2-3-8)9-4-5-9/h6-9,14,17H,2-5,16H2,1H3. The molecule has 0 bridgehead atoms. The molecule has 3 N–H and O–H groups in total. The number of nitrogens with two attached hydrogens (primary N) is 1. The molecular weight excluding hydrogens is 231 g/mol. The third-order valence-electron chi connectivity index (χ3n) is 3.90. The second kappa shape index (κ2) is 4.34. The van der Waals surface area contributed by atoms with Crippen molar-refractivity contribution < 1.29 is 9.13 Å². The Kier molecular flexibility index (Phi) is 2.80. The van der Waals surface area contributed by atoms with Crippen LogP contribution in [0.4, 0.5) is 15.8 Å². The number of nitrogen functional groups attached to an aromatic ring is 1. The molecule has 0 heterocycles. The molecule has 3 rings (SSSR count). The van der Waals surface area contributed by atoms with Crippen molar-refractivity contribution in [2.45, 2.75) is 31.7 Å². The molecule has 0 aliphatic heterocycles. The van der Waals surface area contributed by atoms with Crippen LogP contribution in [0.2, 0.25) is 0 Å². The third-order valence-corrected chi connectivity index (χ3v) is 3.90. The van der Waals surface area contributed by atoms with E-state index in [0.29, 0.717) is 23.2 Å². The van der Waals surface area contributed by atoms with Crippen LogP contribution in [0.3, 0.4) is 0 Å². The zero-order valence-electron chi connectivity index (χ0n) is 10.6. The van der Waals surface area contributed by atoms with E-state index >= 15 is 0 Å². The first-order chi connectivity index (χ1) is 8.69. The van der Waals surface area contributed by atoms with Gasteiger partial charge in [-0.25, -0.2) is 4.39 Å². The van der Waals surface area contributed by atoms with Crippen LogP contribution in [0.1, 0.15) is 25.7 Å². The zero-order valence-corrected chi connectivity index (χ0v) is 10.6. The van der Waals surface area contributed by atoms with Crippen molar-refractivity contribution in [1.29, 1.82) is 0 Å². The lowest BCUT2D eigenvalue weighted by molar-refractivity contribution is 0.416. The van der Waals surface area contributed by atoms with Crippen LogP contribution in [0.25, 0.3) is 0 Å². The van der Waals surface area contributed by atoms with Gasteiger partial charge in [0.15, 0.2) is 0 Å². The van der Waals surface area contributed by atoms with E-state index in [1.165, 1.54) is 31.7 Å². The van der Waals surface area contributed by atoms with Gasteiger partial charge in [0.1, 0.15) is 11.6 Å². The molecule has 3 nitrogen and oxygen atoms in total. The highest BCUT2D eigenvalue weighted by molar-refractivity contribution is 5.62. The molecule has 2 fully saturated rings. The molecule has 2 saturated carbocycles. The lowest BCUT2D eigenvalue weighted by Crippen LogP contribution is -2.24. The Hall–Kier alpha value is -1.45. The Morgan fingerprint density at radius 2 is 1.89 bits per heavy atom. The van der Waals surface area contributed by atoms with Gasteiger partial charge in [0.2, 0.25) is 0 Å². The Bertz CT molecular complexity index is 443. The fourth-order valence-electron chi connectivity index (χ4n) is 2.57. The van der Waals surface area contributed by atoms with Crippen molar-refractivity contribution in [2.75, 3.05) is 18.2 Å². The highest BCUT2D eigenvalue weighted by Crippen LogP contribution is 2.46. The lowest BCUT2D eigenvalue weighted by atomic mass is 10.1. The third kappa shape index (κ3) is 2.24.